The maximum atomic E-state index is 10.4. The molecule has 1 aromatic carbocycles. The molecule has 1 aliphatic heterocycles. The summed E-state index contributed by atoms with van der Waals surface area (Å²) >= 11 is 13.8. The van der Waals surface area contributed by atoms with Crippen LogP contribution in [0.15, 0.2) is 23.2 Å². The Kier molecular flexibility index (Phi) is 6.68. The lowest BCUT2D eigenvalue weighted by molar-refractivity contribution is 0.0724. The van der Waals surface area contributed by atoms with Crippen molar-refractivity contribution in [2.75, 3.05) is 24.6 Å². The molecule has 7 heteroatoms. The Bertz CT molecular complexity index is 534. The summed E-state index contributed by atoms with van der Waals surface area (Å²) in [6.45, 7) is 3.72. The average molecular weight is 362 g/mol. The summed E-state index contributed by atoms with van der Waals surface area (Å²) in [4.78, 5) is 4.52. The normalized spacial score (nSPS) is 21.9. The van der Waals surface area contributed by atoms with Crippen molar-refractivity contribution in [1.29, 1.82) is 0 Å². The first-order valence-corrected chi connectivity index (χ1v) is 9.20. The van der Waals surface area contributed by atoms with Gasteiger partial charge in [0.05, 0.1) is 12.1 Å². The van der Waals surface area contributed by atoms with Crippen LogP contribution in [-0.2, 0) is 6.54 Å². The Morgan fingerprint density at radius 1 is 1.41 bits per heavy atom. The van der Waals surface area contributed by atoms with Crippen molar-refractivity contribution >= 4 is 40.9 Å². The number of nitrogens with zero attached hydrogens (tertiary/aromatic N) is 1. The van der Waals surface area contributed by atoms with Crippen LogP contribution in [0.3, 0.4) is 0 Å². The lowest BCUT2D eigenvalue weighted by atomic mass is 10.0. The van der Waals surface area contributed by atoms with Gasteiger partial charge in [0, 0.05) is 28.9 Å². The van der Waals surface area contributed by atoms with Crippen LogP contribution in [0.2, 0.25) is 10.0 Å². The van der Waals surface area contributed by atoms with E-state index in [4.69, 9.17) is 23.2 Å². The van der Waals surface area contributed by atoms with E-state index < -0.39 is 5.60 Å². The third-order valence-electron chi connectivity index (χ3n) is 3.43. The number of hydrogen-bond acceptors (Lipinski definition) is 3. The zero-order chi connectivity index (χ0) is 16.0. The van der Waals surface area contributed by atoms with Crippen molar-refractivity contribution < 1.29 is 5.11 Å². The van der Waals surface area contributed by atoms with E-state index in [1.165, 1.54) is 0 Å². The summed E-state index contributed by atoms with van der Waals surface area (Å²) in [6, 6.07) is 5.39. The van der Waals surface area contributed by atoms with Crippen molar-refractivity contribution in [2.45, 2.75) is 25.5 Å². The third kappa shape index (κ3) is 5.23. The third-order valence-corrected chi connectivity index (χ3v) is 5.26. The van der Waals surface area contributed by atoms with Gasteiger partial charge in [-0.3, -0.25) is 0 Å². The quantitative estimate of drug-likeness (QED) is 0.557. The topological polar surface area (TPSA) is 56.7 Å². The van der Waals surface area contributed by atoms with Gasteiger partial charge in [-0.2, -0.15) is 11.8 Å². The Morgan fingerprint density at radius 3 is 2.86 bits per heavy atom. The SMILES string of the molecule is CCNC(=NCc1ccc(Cl)cc1Cl)NCC1(O)CCSC1. The molecule has 1 atom stereocenters. The standard InChI is InChI=1S/C15H21Cl2N3OS/c1-2-18-14(20-9-15(21)5-6-22-10-15)19-8-11-3-4-12(16)7-13(11)17/h3-4,7,21H,2,5-6,8-10H2,1H3,(H2,18,19,20). The number of guanidine groups is 1. The first kappa shape index (κ1) is 17.7. The Morgan fingerprint density at radius 2 is 2.23 bits per heavy atom. The van der Waals surface area contributed by atoms with Crippen molar-refractivity contribution in [2.24, 2.45) is 4.99 Å². The molecule has 1 aromatic rings. The van der Waals surface area contributed by atoms with Gasteiger partial charge in [-0.15, -0.1) is 0 Å². The van der Waals surface area contributed by atoms with E-state index in [1.807, 2.05) is 13.0 Å². The fourth-order valence-corrected chi connectivity index (χ4v) is 3.90. The molecule has 0 saturated carbocycles. The fraction of sp³-hybridized carbons (Fsp3) is 0.533. The van der Waals surface area contributed by atoms with Crippen molar-refractivity contribution in [3.8, 4) is 0 Å². The van der Waals surface area contributed by atoms with Crippen LogP contribution in [0.25, 0.3) is 0 Å². The Balaban J connectivity index is 1.97. The predicted molar refractivity (Wildman–Crippen MR) is 96.2 cm³/mol. The summed E-state index contributed by atoms with van der Waals surface area (Å²) in [5.41, 5.74) is 0.275. The maximum Gasteiger partial charge on any atom is 0.191 e. The summed E-state index contributed by atoms with van der Waals surface area (Å²) in [7, 11) is 0. The molecule has 4 nitrogen and oxygen atoms in total. The number of aliphatic hydroxyl groups is 1. The molecule has 0 amide bonds. The molecule has 0 spiro atoms. The summed E-state index contributed by atoms with van der Waals surface area (Å²) in [5, 5.41) is 18.0. The van der Waals surface area contributed by atoms with Crippen LogP contribution in [0, 0.1) is 0 Å². The van der Waals surface area contributed by atoms with Crippen LogP contribution in [0.4, 0.5) is 0 Å². The second-order valence-corrected chi connectivity index (χ2v) is 7.26. The fourth-order valence-electron chi connectivity index (χ4n) is 2.14. The van der Waals surface area contributed by atoms with E-state index in [0.29, 0.717) is 29.1 Å². The molecule has 0 radical (unpaired) electrons. The second-order valence-electron chi connectivity index (χ2n) is 5.31. The number of rotatable bonds is 5. The van der Waals surface area contributed by atoms with E-state index in [9.17, 15) is 5.11 Å². The minimum atomic E-state index is -0.640. The highest BCUT2D eigenvalue weighted by atomic mass is 35.5. The van der Waals surface area contributed by atoms with Crippen molar-refractivity contribution in [3.63, 3.8) is 0 Å². The first-order valence-electron chi connectivity index (χ1n) is 7.29. The summed E-state index contributed by atoms with van der Waals surface area (Å²) in [6.07, 6.45) is 0.813. The highest BCUT2D eigenvalue weighted by Crippen LogP contribution is 2.27. The van der Waals surface area contributed by atoms with E-state index in [1.54, 1.807) is 23.9 Å². The highest BCUT2D eigenvalue weighted by molar-refractivity contribution is 7.99. The van der Waals surface area contributed by atoms with Crippen molar-refractivity contribution in [1.82, 2.24) is 10.6 Å². The molecule has 1 heterocycles. The molecule has 0 aromatic heterocycles. The number of hydrogen-bond donors (Lipinski definition) is 3. The molecular formula is C15H21Cl2N3OS. The number of thioether (sulfide) groups is 1. The van der Waals surface area contributed by atoms with Gasteiger partial charge in [-0.1, -0.05) is 29.3 Å². The molecule has 0 bridgehead atoms. The average Bonchev–Trinajstić information content (AvgIpc) is 2.91. The number of benzene rings is 1. The van der Waals surface area contributed by atoms with Crippen molar-refractivity contribution in [3.05, 3.63) is 33.8 Å². The van der Waals surface area contributed by atoms with Crippen LogP contribution >= 0.6 is 35.0 Å². The molecule has 1 fully saturated rings. The highest BCUT2D eigenvalue weighted by Gasteiger charge is 2.31. The number of aliphatic imine (C=N–C) groups is 1. The van der Waals surface area contributed by atoms with Gasteiger partial charge in [0.1, 0.15) is 0 Å². The molecule has 1 aliphatic rings. The lowest BCUT2D eigenvalue weighted by Gasteiger charge is -2.23. The molecule has 1 saturated heterocycles. The number of nitrogens with one attached hydrogen (secondary N) is 2. The van der Waals surface area contributed by atoms with Crippen LogP contribution in [-0.4, -0.2) is 41.3 Å². The zero-order valence-electron chi connectivity index (χ0n) is 12.5. The molecule has 122 valence electrons. The summed E-state index contributed by atoms with van der Waals surface area (Å²) in [5.74, 6) is 2.45. The van der Waals surface area contributed by atoms with E-state index in [-0.39, 0.29) is 0 Å². The maximum absolute atomic E-state index is 10.4. The minimum absolute atomic E-state index is 0.457. The molecule has 3 N–H and O–H groups in total. The number of halogens is 2. The van der Waals surface area contributed by atoms with E-state index in [2.05, 4.69) is 15.6 Å². The Labute approximate surface area is 145 Å². The lowest BCUT2D eigenvalue weighted by Crippen LogP contribution is -2.47. The van der Waals surface area contributed by atoms with E-state index in [0.717, 1.165) is 30.0 Å². The second kappa shape index (κ2) is 8.29. The first-order chi connectivity index (χ1) is 10.5. The van der Waals surface area contributed by atoms with E-state index >= 15 is 0 Å². The molecule has 22 heavy (non-hydrogen) atoms. The van der Waals surface area contributed by atoms with Gasteiger partial charge in [0.25, 0.3) is 0 Å². The van der Waals surface area contributed by atoms with Gasteiger partial charge in [-0.25, -0.2) is 4.99 Å². The largest absolute Gasteiger partial charge is 0.387 e. The molecule has 1 unspecified atom stereocenters. The smallest absolute Gasteiger partial charge is 0.191 e. The predicted octanol–water partition coefficient (Wildman–Crippen LogP) is 2.92. The molecular weight excluding hydrogens is 341 g/mol. The van der Waals surface area contributed by atoms with Crippen LogP contribution < -0.4 is 10.6 Å². The van der Waals surface area contributed by atoms with Gasteiger partial charge < -0.3 is 15.7 Å². The van der Waals surface area contributed by atoms with Gasteiger partial charge >= 0.3 is 0 Å². The zero-order valence-corrected chi connectivity index (χ0v) is 14.9. The molecule has 2 rings (SSSR count). The van der Waals surface area contributed by atoms with Gasteiger partial charge in [0.15, 0.2) is 5.96 Å². The molecule has 0 aliphatic carbocycles. The van der Waals surface area contributed by atoms with Gasteiger partial charge in [0.2, 0.25) is 0 Å². The van der Waals surface area contributed by atoms with Crippen LogP contribution in [0.5, 0.6) is 0 Å². The monoisotopic (exact) mass is 361 g/mol. The van der Waals surface area contributed by atoms with Crippen LogP contribution in [0.1, 0.15) is 18.9 Å². The van der Waals surface area contributed by atoms with Gasteiger partial charge in [-0.05, 0) is 36.8 Å². The Hall–Kier alpha value is -0.620. The minimum Gasteiger partial charge on any atom is -0.387 e. The summed E-state index contributed by atoms with van der Waals surface area (Å²) < 4.78 is 0.